The molecule has 0 atom stereocenters. The molecule has 5 nitrogen and oxygen atoms in total. The third-order valence-corrected chi connectivity index (χ3v) is 3.84. The van der Waals surface area contributed by atoms with Gasteiger partial charge in [-0.1, -0.05) is 6.07 Å². The van der Waals surface area contributed by atoms with Crippen LogP contribution in [0.3, 0.4) is 0 Å². The first-order chi connectivity index (χ1) is 10.3. The zero-order valence-electron chi connectivity index (χ0n) is 13.0. The van der Waals surface area contributed by atoms with Crippen molar-refractivity contribution in [3.8, 4) is 5.75 Å². The van der Waals surface area contributed by atoms with Crippen molar-refractivity contribution in [2.45, 2.75) is 6.42 Å². The van der Waals surface area contributed by atoms with Gasteiger partial charge in [-0.15, -0.1) is 0 Å². The Kier molecular flexibility index (Phi) is 6.79. The van der Waals surface area contributed by atoms with Gasteiger partial charge in [-0.25, -0.2) is 0 Å². The molecule has 1 aromatic carbocycles. The van der Waals surface area contributed by atoms with Crippen LogP contribution in [0.1, 0.15) is 6.42 Å². The average Bonchev–Trinajstić information content (AvgIpc) is 2.56. The van der Waals surface area contributed by atoms with Crippen molar-refractivity contribution in [3.05, 3.63) is 24.3 Å². The summed E-state index contributed by atoms with van der Waals surface area (Å²) in [4.78, 5) is 4.85. The van der Waals surface area contributed by atoms with Crippen molar-refractivity contribution in [2.75, 3.05) is 64.5 Å². The van der Waals surface area contributed by atoms with Gasteiger partial charge in [-0.2, -0.15) is 0 Å². The van der Waals surface area contributed by atoms with Crippen molar-refractivity contribution in [1.29, 1.82) is 0 Å². The van der Waals surface area contributed by atoms with Crippen molar-refractivity contribution in [3.63, 3.8) is 0 Å². The fourth-order valence-electron chi connectivity index (χ4n) is 2.55. The summed E-state index contributed by atoms with van der Waals surface area (Å²) in [5.41, 5.74) is 6.88. The van der Waals surface area contributed by atoms with Gasteiger partial charge < -0.3 is 20.1 Å². The zero-order valence-corrected chi connectivity index (χ0v) is 13.0. The Morgan fingerprint density at radius 2 is 2.10 bits per heavy atom. The third kappa shape index (κ3) is 5.19. The van der Waals surface area contributed by atoms with Crippen LogP contribution in [0.4, 0.5) is 5.69 Å². The Balaban J connectivity index is 1.95. The van der Waals surface area contributed by atoms with Gasteiger partial charge in [-0.3, -0.25) is 4.90 Å². The summed E-state index contributed by atoms with van der Waals surface area (Å²) in [5.74, 6) is 0.900. The third-order valence-electron chi connectivity index (χ3n) is 3.84. The molecule has 5 heteroatoms. The fraction of sp³-hybridized carbons (Fsp3) is 0.625. The molecule has 0 spiro atoms. The Labute approximate surface area is 127 Å². The SMILES string of the molecule is COc1cccc(N(CCCN)CCN2CCOCC2)c1. The van der Waals surface area contributed by atoms with Crippen molar-refractivity contribution in [1.82, 2.24) is 4.90 Å². The first-order valence-corrected chi connectivity index (χ1v) is 7.72. The van der Waals surface area contributed by atoms with E-state index in [0.29, 0.717) is 0 Å². The Morgan fingerprint density at radius 1 is 1.29 bits per heavy atom. The van der Waals surface area contributed by atoms with Crippen LogP contribution in [-0.4, -0.2) is 64.5 Å². The Hall–Kier alpha value is -1.30. The van der Waals surface area contributed by atoms with Crippen LogP contribution >= 0.6 is 0 Å². The first kappa shape index (κ1) is 16.1. The molecular weight excluding hydrogens is 266 g/mol. The number of nitrogens with two attached hydrogens (primary N) is 1. The molecule has 0 aliphatic carbocycles. The van der Waals surface area contributed by atoms with Crippen LogP contribution in [0.5, 0.6) is 5.75 Å². The number of hydrogen-bond acceptors (Lipinski definition) is 5. The lowest BCUT2D eigenvalue weighted by molar-refractivity contribution is 0.0391. The maximum atomic E-state index is 5.67. The van der Waals surface area contributed by atoms with Gasteiger partial charge in [0.15, 0.2) is 0 Å². The van der Waals surface area contributed by atoms with Gasteiger partial charge in [0, 0.05) is 44.5 Å². The molecule has 0 bridgehead atoms. The molecule has 118 valence electrons. The van der Waals surface area contributed by atoms with E-state index in [1.54, 1.807) is 7.11 Å². The van der Waals surface area contributed by atoms with Crippen LogP contribution < -0.4 is 15.4 Å². The number of rotatable bonds is 8. The largest absolute Gasteiger partial charge is 0.497 e. The normalized spacial score (nSPS) is 15.9. The van der Waals surface area contributed by atoms with E-state index >= 15 is 0 Å². The summed E-state index contributed by atoms with van der Waals surface area (Å²) in [6, 6.07) is 8.25. The maximum absolute atomic E-state index is 5.67. The highest BCUT2D eigenvalue weighted by Gasteiger charge is 2.13. The Bertz CT molecular complexity index is 408. The predicted octanol–water partition coefficient (Wildman–Crippen LogP) is 1.18. The minimum absolute atomic E-state index is 0.720. The number of anilines is 1. The number of benzene rings is 1. The number of morpholine rings is 1. The molecule has 0 radical (unpaired) electrons. The monoisotopic (exact) mass is 293 g/mol. The molecule has 0 amide bonds. The molecular formula is C16H27N3O2. The summed E-state index contributed by atoms with van der Waals surface area (Å²) in [6.45, 7) is 7.53. The van der Waals surface area contributed by atoms with Crippen molar-refractivity contribution in [2.24, 2.45) is 5.73 Å². The molecule has 0 unspecified atom stereocenters. The second-order valence-corrected chi connectivity index (χ2v) is 5.28. The summed E-state index contributed by atoms with van der Waals surface area (Å²) in [7, 11) is 1.71. The molecule has 0 saturated carbocycles. The highest BCUT2D eigenvalue weighted by molar-refractivity contribution is 5.50. The summed E-state index contributed by atoms with van der Waals surface area (Å²) >= 11 is 0. The number of hydrogen-bond donors (Lipinski definition) is 1. The van der Waals surface area contributed by atoms with Gasteiger partial charge in [0.05, 0.1) is 20.3 Å². The second kappa shape index (κ2) is 8.87. The summed E-state index contributed by atoms with van der Waals surface area (Å²) < 4.78 is 10.7. The standard InChI is InChI=1S/C16H27N3O2/c1-20-16-5-2-4-15(14-16)19(7-3-6-17)9-8-18-10-12-21-13-11-18/h2,4-5,14H,3,6-13,17H2,1H3. The minimum atomic E-state index is 0.720. The van der Waals surface area contributed by atoms with E-state index in [-0.39, 0.29) is 0 Å². The number of nitrogens with zero attached hydrogens (tertiary/aromatic N) is 2. The molecule has 1 fully saturated rings. The fourth-order valence-corrected chi connectivity index (χ4v) is 2.55. The topological polar surface area (TPSA) is 51.0 Å². The predicted molar refractivity (Wildman–Crippen MR) is 86.1 cm³/mol. The molecule has 21 heavy (non-hydrogen) atoms. The lowest BCUT2D eigenvalue weighted by Crippen LogP contribution is -2.42. The van der Waals surface area contributed by atoms with Crippen LogP contribution in [0, 0.1) is 0 Å². The van der Waals surface area contributed by atoms with E-state index < -0.39 is 0 Å². The lowest BCUT2D eigenvalue weighted by atomic mass is 10.2. The average molecular weight is 293 g/mol. The van der Waals surface area contributed by atoms with Crippen molar-refractivity contribution < 1.29 is 9.47 Å². The summed E-state index contributed by atoms with van der Waals surface area (Å²) in [6.07, 6.45) is 1.00. The molecule has 1 aliphatic heterocycles. The van der Waals surface area contributed by atoms with Gasteiger partial charge in [-0.05, 0) is 25.1 Å². The lowest BCUT2D eigenvalue weighted by Gasteiger charge is -2.31. The molecule has 1 heterocycles. The van der Waals surface area contributed by atoms with E-state index in [4.69, 9.17) is 15.2 Å². The van der Waals surface area contributed by atoms with E-state index in [1.807, 2.05) is 12.1 Å². The van der Waals surface area contributed by atoms with Crippen LogP contribution in [0.15, 0.2) is 24.3 Å². The van der Waals surface area contributed by atoms with Crippen molar-refractivity contribution >= 4 is 5.69 Å². The van der Waals surface area contributed by atoms with Crippen LogP contribution in [0.2, 0.25) is 0 Å². The van der Waals surface area contributed by atoms with Gasteiger partial charge in [0.2, 0.25) is 0 Å². The molecule has 1 aliphatic rings. The van der Waals surface area contributed by atoms with E-state index in [1.165, 1.54) is 5.69 Å². The summed E-state index contributed by atoms with van der Waals surface area (Å²) in [5, 5.41) is 0. The van der Waals surface area contributed by atoms with Gasteiger partial charge in [0.25, 0.3) is 0 Å². The maximum Gasteiger partial charge on any atom is 0.120 e. The quantitative estimate of drug-likeness (QED) is 0.780. The molecule has 2 N–H and O–H groups in total. The van der Waals surface area contributed by atoms with Gasteiger partial charge >= 0.3 is 0 Å². The highest BCUT2D eigenvalue weighted by Crippen LogP contribution is 2.21. The Morgan fingerprint density at radius 3 is 2.81 bits per heavy atom. The highest BCUT2D eigenvalue weighted by atomic mass is 16.5. The van der Waals surface area contributed by atoms with Gasteiger partial charge in [0.1, 0.15) is 5.75 Å². The molecule has 1 saturated heterocycles. The molecule has 2 rings (SSSR count). The first-order valence-electron chi connectivity index (χ1n) is 7.72. The van der Waals surface area contributed by atoms with E-state index in [0.717, 1.165) is 64.7 Å². The van der Waals surface area contributed by atoms with Crippen LogP contribution in [-0.2, 0) is 4.74 Å². The smallest absolute Gasteiger partial charge is 0.120 e. The number of ether oxygens (including phenoxy) is 2. The second-order valence-electron chi connectivity index (χ2n) is 5.28. The molecule has 0 aromatic heterocycles. The number of methoxy groups -OCH3 is 1. The van der Waals surface area contributed by atoms with Crippen LogP contribution in [0.25, 0.3) is 0 Å². The van der Waals surface area contributed by atoms with E-state index in [2.05, 4.69) is 21.9 Å². The zero-order chi connectivity index (χ0) is 14.9. The van der Waals surface area contributed by atoms with E-state index in [9.17, 15) is 0 Å². The minimum Gasteiger partial charge on any atom is -0.497 e. The molecule has 1 aromatic rings.